The Morgan fingerprint density at radius 2 is 1.90 bits per heavy atom. The Bertz CT molecular complexity index is 593. The minimum absolute atomic E-state index is 0.0897. The molecule has 2 N–H and O–H groups in total. The van der Waals surface area contributed by atoms with Crippen molar-refractivity contribution in [2.24, 2.45) is 0 Å². The van der Waals surface area contributed by atoms with E-state index in [1.807, 2.05) is 44.2 Å². The maximum Gasteiger partial charge on any atom is 0.232 e. The number of amides is 1. The van der Waals surface area contributed by atoms with Crippen LogP contribution in [-0.4, -0.2) is 11.0 Å². The summed E-state index contributed by atoms with van der Waals surface area (Å²) in [5, 5.41) is 12.6. The van der Waals surface area contributed by atoms with E-state index in [0.717, 1.165) is 11.1 Å². The highest BCUT2D eigenvalue weighted by Gasteiger charge is 2.19. The molecule has 3 nitrogen and oxygen atoms in total. The van der Waals surface area contributed by atoms with Gasteiger partial charge in [-0.25, -0.2) is 0 Å². The van der Waals surface area contributed by atoms with Gasteiger partial charge in [0.25, 0.3) is 0 Å². The van der Waals surface area contributed by atoms with E-state index in [1.54, 1.807) is 18.2 Å². The summed E-state index contributed by atoms with van der Waals surface area (Å²) < 4.78 is 0. The van der Waals surface area contributed by atoms with Gasteiger partial charge in [-0.3, -0.25) is 4.79 Å². The summed E-state index contributed by atoms with van der Waals surface area (Å²) in [6.45, 7) is 3.90. The van der Waals surface area contributed by atoms with Crippen molar-refractivity contribution in [1.82, 2.24) is 0 Å². The predicted molar refractivity (Wildman–Crippen MR) is 80.9 cm³/mol. The summed E-state index contributed by atoms with van der Waals surface area (Å²) in [5.41, 5.74) is 2.44. The zero-order valence-corrected chi connectivity index (χ0v) is 11.8. The molecule has 0 radical (unpaired) electrons. The topological polar surface area (TPSA) is 49.3 Å². The van der Waals surface area contributed by atoms with Gasteiger partial charge in [-0.05, 0) is 36.6 Å². The van der Waals surface area contributed by atoms with Crippen molar-refractivity contribution < 1.29 is 9.90 Å². The fraction of sp³-hybridized carbons (Fsp3) is 0.235. The molecule has 0 unspecified atom stereocenters. The van der Waals surface area contributed by atoms with Crippen molar-refractivity contribution in [1.29, 1.82) is 0 Å². The number of phenolic OH excluding ortho intramolecular Hbond substituents is 1. The molecule has 2 rings (SSSR count). The molecular weight excluding hydrogens is 250 g/mol. The van der Waals surface area contributed by atoms with E-state index >= 15 is 0 Å². The van der Waals surface area contributed by atoms with E-state index in [-0.39, 0.29) is 17.6 Å². The first kappa shape index (κ1) is 14.1. The zero-order chi connectivity index (χ0) is 14.5. The molecule has 0 aromatic heterocycles. The number of hydrogen-bond acceptors (Lipinski definition) is 2. The Morgan fingerprint density at radius 1 is 1.20 bits per heavy atom. The molecular formula is C17H19NO2. The smallest absolute Gasteiger partial charge is 0.232 e. The number of phenols is 1. The summed E-state index contributed by atoms with van der Waals surface area (Å²) in [5.74, 6) is -0.220. The number of nitrogens with one attached hydrogen (secondary N) is 1. The molecule has 0 saturated heterocycles. The average molecular weight is 269 g/mol. The second kappa shape index (κ2) is 6.24. The lowest BCUT2D eigenvalue weighted by Crippen LogP contribution is -2.20. The molecule has 0 aliphatic carbocycles. The van der Waals surface area contributed by atoms with E-state index in [0.29, 0.717) is 12.1 Å². The molecule has 2 aromatic carbocycles. The third-order valence-corrected chi connectivity index (χ3v) is 3.34. The lowest BCUT2D eigenvalue weighted by molar-refractivity contribution is -0.117. The molecule has 0 aliphatic heterocycles. The van der Waals surface area contributed by atoms with Crippen LogP contribution in [0.1, 0.15) is 30.4 Å². The number of carbonyl (C=O) groups is 1. The number of aryl methyl sites for hydroxylation is 1. The van der Waals surface area contributed by atoms with Crippen molar-refractivity contribution in [3.63, 3.8) is 0 Å². The van der Waals surface area contributed by atoms with Gasteiger partial charge >= 0.3 is 0 Å². The van der Waals surface area contributed by atoms with Crippen LogP contribution in [0.15, 0.2) is 48.5 Å². The largest absolute Gasteiger partial charge is 0.506 e. The second-order valence-electron chi connectivity index (χ2n) is 4.88. The fourth-order valence-corrected chi connectivity index (χ4v) is 2.23. The highest BCUT2D eigenvalue weighted by atomic mass is 16.3. The molecule has 3 heteroatoms. The first-order valence-electron chi connectivity index (χ1n) is 6.77. The van der Waals surface area contributed by atoms with E-state index in [9.17, 15) is 9.90 Å². The molecule has 1 amide bonds. The summed E-state index contributed by atoms with van der Waals surface area (Å²) in [7, 11) is 0. The molecule has 0 bridgehead atoms. The van der Waals surface area contributed by atoms with Crippen LogP contribution in [0.5, 0.6) is 5.75 Å². The Morgan fingerprint density at radius 3 is 2.55 bits per heavy atom. The third kappa shape index (κ3) is 3.18. The minimum atomic E-state index is -0.212. The van der Waals surface area contributed by atoms with E-state index in [1.165, 1.54) is 0 Å². The van der Waals surface area contributed by atoms with Crippen molar-refractivity contribution in [2.75, 3.05) is 5.32 Å². The van der Waals surface area contributed by atoms with Gasteiger partial charge in [0.05, 0.1) is 11.6 Å². The van der Waals surface area contributed by atoms with Crippen molar-refractivity contribution in [2.45, 2.75) is 26.2 Å². The van der Waals surface area contributed by atoms with E-state index in [4.69, 9.17) is 0 Å². The first-order chi connectivity index (χ1) is 9.61. The number of carbonyl (C=O) groups excluding carboxylic acids is 1. The third-order valence-electron chi connectivity index (χ3n) is 3.34. The predicted octanol–water partition coefficient (Wildman–Crippen LogP) is 3.83. The molecule has 0 aliphatic rings. The maximum atomic E-state index is 12.4. The highest BCUT2D eigenvalue weighted by molar-refractivity contribution is 5.97. The summed E-state index contributed by atoms with van der Waals surface area (Å²) in [6, 6.07) is 14.8. The highest BCUT2D eigenvalue weighted by Crippen LogP contribution is 2.27. The average Bonchev–Trinajstić information content (AvgIpc) is 2.45. The van der Waals surface area contributed by atoms with Crippen LogP contribution >= 0.6 is 0 Å². The van der Waals surface area contributed by atoms with Gasteiger partial charge in [0.15, 0.2) is 0 Å². The zero-order valence-electron chi connectivity index (χ0n) is 11.8. The summed E-state index contributed by atoms with van der Waals surface area (Å²) in [6.07, 6.45) is 0.711. The van der Waals surface area contributed by atoms with Gasteiger partial charge < -0.3 is 10.4 Å². The minimum Gasteiger partial charge on any atom is -0.506 e. The van der Waals surface area contributed by atoms with Gasteiger partial charge in [-0.15, -0.1) is 0 Å². The number of anilines is 1. The molecule has 104 valence electrons. The Kier molecular flexibility index (Phi) is 4.41. The standard InChI is InChI=1S/C17H19NO2/c1-3-14(13-7-5-4-6-8-13)17(20)18-15-11-12(2)9-10-16(15)19/h4-11,14,19H,3H2,1-2H3,(H,18,20)/t14-/m0/s1. The molecule has 0 fully saturated rings. The van der Waals surface area contributed by atoms with Crippen LogP contribution in [0.25, 0.3) is 0 Å². The Hall–Kier alpha value is -2.29. The summed E-state index contributed by atoms with van der Waals surface area (Å²) in [4.78, 5) is 12.4. The number of hydrogen-bond donors (Lipinski definition) is 2. The van der Waals surface area contributed by atoms with Gasteiger partial charge in [-0.1, -0.05) is 43.3 Å². The Balaban J connectivity index is 2.20. The maximum absolute atomic E-state index is 12.4. The van der Waals surface area contributed by atoms with E-state index in [2.05, 4.69) is 5.32 Å². The molecule has 0 heterocycles. The van der Waals surface area contributed by atoms with Gasteiger partial charge in [0.2, 0.25) is 5.91 Å². The monoisotopic (exact) mass is 269 g/mol. The summed E-state index contributed by atoms with van der Waals surface area (Å²) >= 11 is 0. The van der Waals surface area contributed by atoms with Crippen LogP contribution in [0.3, 0.4) is 0 Å². The first-order valence-corrected chi connectivity index (χ1v) is 6.77. The van der Waals surface area contributed by atoms with E-state index < -0.39 is 0 Å². The van der Waals surface area contributed by atoms with Crippen LogP contribution in [0, 0.1) is 6.92 Å². The van der Waals surface area contributed by atoms with Crippen molar-refractivity contribution in [3.05, 3.63) is 59.7 Å². The molecule has 2 aromatic rings. The molecule has 0 saturated carbocycles. The number of aromatic hydroxyl groups is 1. The molecule has 1 atom stereocenters. The normalized spacial score (nSPS) is 11.9. The van der Waals surface area contributed by atoms with Crippen LogP contribution in [0.4, 0.5) is 5.69 Å². The van der Waals surface area contributed by atoms with Crippen LogP contribution in [0.2, 0.25) is 0 Å². The fourth-order valence-electron chi connectivity index (χ4n) is 2.23. The Labute approximate surface area is 119 Å². The van der Waals surface area contributed by atoms with Gasteiger partial charge in [0.1, 0.15) is 5.75 Å². The van der Waals surface area contributed by atoms with Gasteiger partial charge in [-0.2, -0.15) is 0 Å². The molecule has 20 heavy (non-hydrogen) atoms. The second-order valence-corrected chi connectivity index (χ2v) is 4.88. The number of benzene rings is 2. The SMILES string of the molecule is CC[C@H](C(=O)Nc1cc(C)ccc1O)c1ccccc1. The van der Waals surface area contributed by atoms with Crippen molar-refractivity contribution in [3.8, 4) is 5.75 Å². The molecule has 0 spiro atoms. The van der Waals surface area contributed by atoms with Crippen LogP contribution in [-0.2, 0) is 4.79 Å². The van der Waals surface area contributed by atoms with Crippen LogP contribution < -0.4 is 5.32 Å². The van der Waals surface area contributed by atoms with Gasteiger partial charge in [0, 0.05) is 0 Å². The quantitative estimate of drug-likeness (QED) is 0.829. The lowest BCUT2D eigenvalue weighted by Gasteiger charge is -2.16. The lowest BCUT2D eigenvalue weighted by atomic mass is 9.95. The van der Waals surface area contributed by atoms with Crippen molar-refractivity contribution >= 4 is 11.6 Å². The number of rotatable bonds is 4.